The second-order valence-corrected chi connectivity index (χ2v) is 5.51. The molecule has 4 nitrogen and oxygen atoms in total. The van der Waals surface area contributed by atoms with E-state index in [0.717, 1.165) is 0 Å². The van der Waals surface area contributed by atoms with Gasteiger partial charge in [-0.05, 0) is 34.1 Å². The van der Waals surface area contributed by atoms with Crippen LogP contribution in [0.15, 0.2) is 22.7 Å². The minimum absolute atomic E-state index is 0.209. The van der Waals surface area contributed by atoms with E-state index in [1.807, 2.05) is 0 Å². The normalized spacial score (nSPS) is 10.3. The zero-order chi connectivity index (χ0) is 15.1. The van der Waals surface area contributed by atoms with Gasteiger partial charge in [0.25, 0.3) is 5.91 Å². The van der Waals surface area contributed by atoms with Crippen LogP contribution in [0.4, 0.5) is 4.39 Å². The highest BCUT2D eigenvalue weighted by Crippen LogP contribution is 2.18. The molecule has 2 N–H and O–H groups in total. The summed E-state index contributed by atoms with van der Waals surface area (Å²) in [7, 11) is 1.56. The first-order valence-corrected chi connectivity index (χ1v) is 7.17. The standard InChI is InChI=1S/C13H16BrFN2O2S/c1-19-7-6-17(5-4-12(16)20)13(18)9-2-3-11(15)10(14)8-9/h2-3,8H,4-7H2,1H3,(H2,16,20). The van der Waals surface area contributed by atoms with E-state index >= 15 is 0 Å². The van der Waals surface area contributed by atoms with Gasteiger partial charge in [0, 0.05) is 32.2 Å². The molecule has 0 spiro atoms. The Labute approximate surface area is 131 Å². The van der Waals surface area contributed by atoms with E-state index in [9.17, 15) is 9.18 Å². The van der Waals surface area contributed by atoms with Gasteiger partial charge in [0.1, 0.15) is 5.82 Å². The average Bonchev–Trinajstić information content (AvgIpc) is 2.41. The van der Waals surface area contributed by atoms with Crippen molar-refractivity contribution in [2.45, 2.75) is 6.42 Å². The molecule has 0 saturated heterocycles. The number of nitrogens with two attached hydrogens (primary N) is 1. The maximum absolute atomic E-state index is 13.2. The Hall–Kier alpha value is -1.05. The van der Waals surface area contributed by atoms with Gasteiger partial charge >= 0.3 is 0 Å². The Balaban J connectivity index is 2.84. The Morgan fingerprint density at radius 2 is 2.20 bits per heavy atom. The van der Waals surface area contributed by atoms with Crippen molar-refractivity contribution in [3.05, 3.63) is 34.1 Å². The van der Waals surface area contributed by atoms with Gasteiger partial charge in [0.2, 0.25) is 0 Å². The summed E-state index contributed by atoms with van der Waals surface area (Å²) < 4.78 is 18.4. The molecule has 7 heteroatoms. The number of nitrogens with zero attached hydrogens (tertiary/aromatic N) is 1. The first-order valence-electron chi connectivity index (χ1n) is 5.97. The molecule has 0 fully saturated rings. The first-order chi connectivity index (χ1) is 9.45. The molecule has 1 amide bonds. The van der Waals surface area contributed by atoms with Crippen molar-refractivity contribution >= 4 is 39.0 Å². The van der Waals surface area contributed by atoms with Gasteiger partial charge < -0.3 is 15.4 Å². The van der Waals surface area contributed by atoms with Crippen LogP contribution in [0.1, 0.15) is 16.8 Å². The van der Waals surface area contributed by atoms with Crippen LogP contribution in [0, 0.1) is 5.82 Å². The van der Waals surface area contributed by atoms with E-state index < -0.39 is 5.82 Å². The largest absolute Gasteiger partial charge is 0.393 e. The van der Waals surface area contributed by atoms with Crippen LogP contribution in [0.25, 0.3) is 0 Å². The topological polar surface area (TPSA) is 55.6 Å². The number of carbonyl (C=O) groups excluding carboxylic acids is 1. The van der Waals surface area contributed by atoms with E-state index in [1.54, 1.807) is 12.0 Å². The number of rotatable bonds is 7. The van der Waals surface area contributed by atoms with Crippen molar-refractivity contribution < 1.29 is 13.9 Å². The van der Waals surface area contributed by atoms with Gasteiger partial charge in [-0.25, -0.2) is 4.39 Å². The van der Waals surface area contributed by atoms with Crippen molar-refractivity contribution in [1.29, 1.82) is 0 Å². The highest BCUT2D eigenvalue weighted by molar-refractivity contribution is 9.10. The molecule has 0 unspecified atom stereocenters. The van der Waals surface area contributed by atoms with Gasteiger partial charge in [-0.3, -0.25) is 4.79 Å². The quantitative estimate of drug-likeness (QED) is 0.756. The predicted octanol–water partition coefficient (Wildman–Crippen LogP) is 2.35. The molecule has 110 valence electrons. The summed E-state index contributed by atoms with van der Waals surface area (Å²) in [4.78, 5) is 14.3. The fourth-order valence-electron chi connectivity index (χ4n) is 1.57. The van der Waals surface area contributed by atoms with Crippen molar-refractivity contribution in [2.75, 3.05) is 26.8 Å². The first kappa shape index (κ1) is 17.0. The SMILES string of the molecule is COCCN(CCC(N)=S)C(=O)c1ccc(F)c(Br)c1. The maximum Gasteiger partial charge on any atom is 0.253 e. The van der Waals surface area contributed by atoms with E-state index in [-0.39, 0.29) is 10.4 Å². The number of benzene rings is 1. The van der Waals surface area contributed by atoms with Crippen LogP contribution < -0.4 is 5.73 Å². The third kappa shape index (κ3) is 5.15. The number of ether oxygens (including phenoxy) is 1. The zero-order valence-corrected chi connectivity index (χ0v) is 13.5. The van der Waals surface area contributed by atoms with E-state index in [4.69, 9.17) is 22.7 Å². The Morgan fingerprint density at radius 3 is 2.75 bits per heavy atom. The number of halogens is 2. The van der Waals surface area contributed by atoms with E-state index in [0.29, 0.717) is 36.7 Å². The van der Waals surface area contributed by atoms with Crippen LogP contribution in [-0.4, -0.2) is 42.6 Å². The second-order valence-electron chi connectivity index (χ2n) is 4.13. The van der Waals surface area contributed by atoms with Crippen LogP contribution in [-0.2, 0) is 4.74 Å². The molecule has 0 radical (unpaired) electrons. The average molecular weight is 363 g/mol. The van der Waals surface area contributed by atoms with Gasteiger partial charge in [-0.1, -0.05) is 12.2 Å². The van der Waals surface area contributed by atoms with Crippen LogP contribution in [0.5, 0.6) is 0 Å². The molecule has 0 bridgehead atoms. The summed E-state index contributed by atoms with van der Waals surface area (Å²) >= 11 is 7.89. The van der Waals surface area contributed by atoms with Gasteiger partial charge in [0.05, 0.1) is 16.1 Å². The summed E-state index contributed by atoms with van der Waals surface area (Å²) in [5, 5.41) is 0. The van der Waals surface area contributed by atoms with Crippen molar-refractivity contribution in [3.8, 4) is 0 Å². The van der Waals surface area contributed by atoms with E-state index in [1.165, 1.54) is 18.2 Å². The van der Waals surface area contributed by atoms with Gasteiger partial charge in [-0.15, -0.1) is 0 Å². The summed E-state index contributed by atoms with van der Waals surface area (Å²) in [5.74, 6) is -0.618. The van der Waals surface area contributed by atoms with Crippen LogP contribution >= 0.6 is 28.1 Å². The smallest absolute Gasteiger partial charge is 0.253 e. The number of thiocarbonyl (C=S) groups is 1. The third-order valence-electron chi connectivity index (χ3n) is 2.65. The number of methoxy groups -OCH3 is 1. The van der Waals surface area contributed by atoms with Crippen LogP contribution in [0.3, 0.4) is 0 Å². The molecule has 0 aliphatic rings. The Morgan fingerprint density at radius 1 is 1.50 bits per heavy atom. The minimum atomic E-state index is -0.409. The molecule has 0 atom stereocenters. The monoisotopic (exact) mass is 362 g/mol. The molecular formula is C13H16BrFN2O2S. The maximum atomic E-state index is 13.2. The molecule has 0 saturated carbocycles. The summed E-state index contributed by atoms with van der Waals surface area (Å²) in [6.07, 6.45) is 0.438. The summed E-state index contributed by atoms with van der Waals surface area (Å²) in [6, 6.07) is 4.15. The molecule has 20 heavy (non-hydrogen) atoms. The number of carbonyl (C=O) groups is 1. The molecule has 1 aromatic carbocycles. The van der Waals surface area contributed by atoms with Gasteiger partial charge in [0.15, 0.2) is 0 Å². The van der Waals surface area contributed by atoms with Crippen molar-refractivity contribution in [2.24, 2.45) is 5.73 Å². The molecule has 1 aromatic rings. The zero-order valence-electron chi connectivity index (χ0n) is 11.1. The summed E-state index contributed by atoms with van der Waals surface area (Å²) in [6.45, 7) is 1.24. The number of hydrogen-bond donors (Lipinski definition) is 1. The predicted molar refractivity (Wildman–Crippen MR) is 83.3 cm³/mol. The fourth-order valence-corrected chi connectivity index (χ4v) is 2.04. The fraction of sp³-hybridized carbons (Fsp3) is 0.385. The lowest BCUT2D eigenvalue weighted by Crippen LogP contribution is -2.36. The lowest BCUT2D eigenvalue weighted by Gasteiger charge is -2.22. The minimum Gasteiger partial charge on any atom is -0.393 e. The van der Waals surface area contributed by atoms with Crippen molar-refractivity contribution in [1.82, 2.24) is 4.90 Å². The molecule has 0 heterocycles. The molecule has 1 rings (SSSR count). The highest BCUT2D eigenvalue weighted by atomic mass is 79.9. The molecule has 0 aliphatic heterocycles. The van der Waals surface area contributed by atoms with Crippen LogP contribution in [0.2, 0.25) is 0 Å². The third-order valence-corrected chi connectivity index (χ3v) is 3.46. The lowest BCUT2D eigenvalue weighted by molar-refractivity contribution is 0.0701. The second kappa shape index (κ2) is 8.28. The highest BCUT2D eigenvalue weighted by Gasteiger charge is 2.16. The molecular weight excluding hydrogens is 347 g/mol. The van der Waals surface area contributed by atoms with Crippen molar-refractivity contribution in [3.63, 3.8) is 0 Å². The number of amides is 1. The summed E-state index contributed by atoms with van der Waals surface area (Å²) in [5.41, 5.74) is 5.86. The van der Waals surface area contributed by atoms with Gasteiger partial charge in [-0.2, -0.15) is 0 Å². The molecule has 0 aliphatic carbocycles. The van der Waals surface area contributed by atoms with E-state index in [2.05, 4.69) is 15.9 Å². The molecule has 0 aromatic heterocycles. The Kier molecular flexibility index (Phi) is 7.04. The Bertz CT molecular complexity index is 499. The lowest BCUT2D eigenvalue weighted by atomic mass is 10.2. The number of hydrogen-bond acceptors (Lipinski definition) is 3.